The molecular formula is C23H20N4O2. The van der Waals surface area contributed by atoms with E-state index in [4.69, 9.17) is 4.74 Å². The molecule has 6 heteroatoms. The molecular weight excluding hydrogens is 364 g/mol. The van der Waals surface area contributed by atoms with Crippen molar-refractivity contribution < 1.29 is 9.53 Å². The Balaban J connectivity index is 1.50. The van der Waals surface area contributed by atoms with Crippen molar-refractivity contribution in [2.24, 2.45) is 0 Å². The Bertz CT molecular complexity index is 1150. The van der Waals surface area contributed by atoms with Gasteiger partial charge in [0.2, 0.25) is 0 Å². The first-order valence-corrected chi connectivity index (χ1v) is 9.20. The Labute approximate surface area is 168 Å². The molecule has 2 heterocycles. The molecule has 1 amide bonds. The maximum absolute atomic E-state index is 12.6. The molecule has 0 atom stereocenters. The Hall–Kier alpha value is -3.93. The number of hydrogen-bond acceptors (Lipinski definition) is 5. The van der Waals surface area contributed by atoms with Gasteiger partial charge in [-0.2, -0.15) is 0 Å². The van der Waals surface area contributed by atoms with Crippen LogP contribution in [0.4, 0.5) is 11.4 Å². The van der Waals surface area contributed by atoms with Crippen LogP contribution in [0.3, 0.4) is 0 Å². The number of amides is 1. The molecule has 0 aliphatic rings. The second-order valence-corrected chi connectivity index (χ2v) is 6.46. The second kappa shape index (κ2) is 8.39. The highest BCUT2D eigenvalue weighted by Crippen LogP contribution is 2.24. The quantitative estimate of drug-likeness (QED) is 0.518. The zero-order valence-corrected chi connectivity index (χ0v) is 15.9. The van der Waals surface area contributed by atoms with Crippen LogP contribution in [0.1, 0.15) is 15.9 Å². The molecule has 0 saturated carbocycles. The van der Waals surface area contributed by atoms with E-state index >= 15 is 0 Å². The van der Waals surface area contributed by atoms with Crippen LogP contribution >= 0.6 is 0 Å². The van der Waals surface area contributed by atoms with Crippen molar-refractivity contribution in [2.45, 2.75) is 6.54 Å². The molecule has 0 fully saturated rings. The highest BCUT2D eigenvalue weighted by Gasteiger charge is 2.10. The number of carbonyl (C=O) groups excluding carboxylic acids is 1. The van der Waals surface area contributed by atoms with Crippen molar-refractivity contribution in [1.82, 2.24) is 15.3 Å². The average Bonchev–Trinajstić information content (AvgIpc) is 2.78. The van der Waals surface area contributed by atoms with Gasteiger partial charge in [-0.25, -0.2) is 0 Å². The highest BCUT2D eigenvalue weighted by molar-refractivity contribution is 5.96. The molecule has 29 heavy (non-hydrogen) atoms. The number of ether oxygens (including phenoxy) is 1. The number of carbonyl (C=O) groups is 1. The minimum absolute atomic E-state index is 0.205. The summed E-state index contributed by atoms with van der Waals surface area (Å²) < 4.78 is 5.32. The Morgan fingerprint density at radius 1 is 1.03 bits per heavy atom. The number of hydrogen-bond donors (Lipinski definition) is 2. The van der Waals surface area contributed by atoms with Gasteiger partial charge in [-0.1, -0.05) is 36.4 Å². The smallest absolute Gasteiger partial charge is 0.253 e. The molecule has 2 N–H and O–H groups in total. The van der Waals surface area contributed by atoms with E-state index in [9.17, 15) is 4.79 Å². The third kappa shape index (κ3) is 4.16. The summed E-state index contributed by atoms with van der Waals surface area (Å²) >= 11 is 0. The first kappa shape index (κ1) is 18.4. The lowest BCUT2D eigenvalue weighted by Gasteiger charge is -2.11. The molecule has 0 radical (unpaired) electrons. The van der Waals surface area contributed by atoms with E-state index < -0.39 is 0 Å². The van der Waals surface area contributed by atoms with Gasteiger partial charge in [0.05, 0.1) is 35.8 Å². The molecule has 4 aromatic rings. The summed E-state index contributed by atoms with van der Waals surface area (Å²) in [7, 11) is 1.61. The van der Waals surface area contributed by atoms with E-state index in [0.717, 1.165) is 27.9 Å². The fourth-order valence-corrected chi connectivity index (χ4v) is 3.12. The van der Waals surface area contributed by atoms with Crippen molar-refractivity contribution in [1.29, 1.82) is 0 Å². The first-order valence-electron chi connectivity index (χ1n) is 9.20. The first-order chi connectivity index (χ1) is 14.2. The summed E-state index contributed by atoms with van der Waals surface area (Å²) in [5.74, 6) is 0.535. The molecule has 144 valence electrons. The number of nitrogens with one attached hydrogen (secondary N) is 2. The topological polar surface area (TPSA) is 76.1 Å². The molecule has 0 unspecified atom stereocenters. The van der Waals surface area contributed by atoms with E-state index in [1.807, 2.05) is 54.6 Å². The minimum atomic E-state index is -0.205. The number of aromatic nitrogens is 2. The number of fused-ring (bicyclic) bond motifs is 1. The van der Waals surface area contributed by atoms with Crippen LogP contribution in [-0.4, -0.2) is 23.0 Å². The van der Waals surface area contributed by atoms with Gasteiger partial charge in [-0.15, -0.1) is 0 Å². The van der Waals surface area contributed by atoms with Gasteiger partial charge in [0.25, 0.3) is 5.91 Å². The van der Waals surface area contributed by atoms with Crippen molar-refractivity contribution in [3.8, 4) is 5.75 Å². The van der Waals surface area contributed by atoms with E-state index in [1.165, 1.54) is 0 Å². The van der Waals surface area contributed by atoms with E-state index in [2.05, 4.69) is 20.6 Å². The lowest BCUT2D eigenvalue weighted by molar-refractivity contribution is 0.0950. The maximum atomic E-state index is 12.6. The zero-order valence-electron chi connectivity index (χ0n) is 15.9. The minimum Gasteiger partial charge on any atom is -0.496 e. The van der Waals surface area contributed by atoms with Crippen LogP contribution in [0.2, 0.25) is 0 Å². The number of anilines is 2. The summed E-state index contributed by atoms with van der Waals surface area (Å²) in [5, 5.41) is 7.26. The summed E-state index contributed by atoms with van der Waals surface area (Å²) in [6.07, 6.45) is 4.98. The van der Waals surface area contributed by atoms with Crippen molar-refractivity contribution in [3.05, 3.63) is 90.4 Å². The molecule has 4 rings (SSSR count). The van der Waals surface area contributed by atoms with Crippen LogP contribution in [-0.2, 0) is 6.54 Å². The standard InChI is InChI=1S/C23H20N4O2/c1-29-21-10-3-2-6-17(21)14-26-23(28)18-12-19(15-24-13-18)27-20-9-4-7-16-8-5-11-25-22(16)20/h2-13,15,27H,14H2,1H3,(H,26,28). The molecule has 0 aliphatic heterocycles. The number of rotatable bonds is 6. The van der Waals surface area contributed by atoms with E-state index in [-0.39, 0.29) is 5.91 Å². The van der Waals surface area contributed by atoms with Gasteiger partial charge in [-0.05, 0) is 24.3 Å². The molecule has 0 bridgehead atoms. The number of methoxy groups -OCH3 is 1. The van der Waals surface area contributed by atoms with Crippen LogP contribution in [0.15, 0.2) is 79.3 Å². The average molecular weight is 384 g/mol. The normalized spacial score (nSPS) is 10.5. The number of para-hydroxylation sites is 2. The molecule has 0 aliphatic carbocycles. The fraction of sp³-hybridized carbons (Fsp3) is 0.0870. The van der Waals surface area contributed by atoms with Crippen molar-refractivity contribution in [3.63, 3.8) is 0 Å². The summed E-state index contributed by atoms with van der Waals surface area (Å²) in [4.78, 5) is 21.2. The zero-order chi connectivity index (χ0) is 20.1. The van der Waals surface area contributed by atoms with Crippen LogP contribution < -0.4 is 15.4 Å². The number of benzene rings is 2. The van der Waals surface area contributed by atoms with Gasteiger partial charge in [-0.3, -0.25) is 14.8 Å². The van der Waals surface area contributed by atoms with E-state index in [0.29, 0.717) is 17.8 Å². The fourth-order valence-electron chi connectivity index (χ4n) is 3.12. The highest BCUT2D eigenvalue weighted by atomic mass is 16.5. The molecule has 0 spiro atoms. The number of nitrogens with zero attached hydrogens (tertiary/aromatic N) is 2. The summed E-state index contributed by atoms with van der Waals surface area (Å²) in [6.45, 7) is 0.369. The molecule has 2 aromatic heterocycles. The molecule has 6 nitrogen and oxygen atoms in total. The Morgan fingerprint density at radius 2 is 1.90 bits per heavy atom. The maximum Gasteiger partial charge on any atom is 0.253 e. The monoisotopic (exact) mass is 384 g/mol. The predicted molar refractivity (Wildman–Crippen MR) is 113 cm³/mol. The largest absolute Gasteiger partial charge is 0.496 e. The van der Waals surface area contributed by atoms with Gasteiger partial charge in [0, 0.05) is 29.9 Å². The SMILES string of the molecule is COc1ccccc1CNC(=O)c1cncc(Nc2cccc3cccnc23)c1. The van der Waals surface area contributed by atoms with Gasteiger partial charge < -0.3 is 15.4 Å². The number of pyridine rings is 2. The van der Waals surface area contributed by atoms with Gasteiger partial charge in [0.15, 0.2) is 0 Å². The summed E-state index contributed by atoms with van der Waals surface area (Å²) in [5.41, 5.74) is 3.82. The Morgan fingerprint density at radius 3 is 2.79 bits per heavy atom. The third-order valence-electron chi connectivity index (χ3n) is 4.54. The molecule has 0 saturated heterocycles. The second-order valence-electron chi connectivity index (χ2n) is 6.46. The summed E-state index contributed by atoms with van der Waals surface area (Å²) in [6, 6.07) is 19.2. The third-order valence-corrected chi connectivity index (χ3v) is 4.54. The van der Waals surface area contributed by atoms with Crippen LogP contribution in [0, 0.1) is 0 Å². The lowest BCUT2D eigenvalue weighted by atomic mass is 10.1. The van der Waals surface area contributed by atoms with Gasteiger partial charge >= 0.3 is 0 Å². The van der Waals surface area contributed by atoms with Crippen LogP contribution in [0.25, 0.3) is 10.9 Å². The Kier molecular flexibility index (Phi) is 5.33. The predicted octanol–water partition coefficient (Wildman–Crippen LogP) is 4.31. The van der Waals surface area contributed by atoms with E-state index in [1.54, 1.807) is 31.8 Å². The lowest BCUT2D eigenvalue weighted by Crippen LogP contribution is -2.23. The van der Waals surface area contributed by atoms with Crippen LogP contribution in [0.5, 0.6) is 5.75 Å². The van der Waals surface area contributed by atoms with Crippen molar-refractivity contribution >= 4 is 28.2 Å². The van der Waals surface area contributed by atoms with Crippen molar-refractivity contribution in [2.75, 3.05) is 12.4 Å². The molecule has 2 aromatic carbocycles. The van der Waals surface area contributed by atoms with Gasteiger partial charge in [0.1, 0.15) is 5.75 Å².